The number of nitrogens with zero attached hydrogens (tertiary/aromatic N) is 3. The number of hydrogen-bond donors (Lipinski definition) is 1. The molecule has 1 amide bonds. The van der Waals surface area contributed by atoms with Crippen LogP contribution in [-0.2, 0) is 4.74 Å². The fourth-order valence-electron chi connectivity index (χ4n) is 2.72. The molecule has 1 saturated heterocycles. The van der Waals surface area contributed by atoms with E-state index in [4.69, 9.17) is 27.0 Å². The minimum absolute atomic E-state index is 0.248. The number of amides is 1. The minimum Gasteiger partial charge on any atom is -0.491 e. The number of piperazine rings is 1. The van der Waals surface area contributed by atoms with Crippen LogP contribution in [0.1, 0.15) is 23.7 Å². The fraction of sp³-hybridized carbons (Fsp3) is 0.526. The molecular weight excluding hydrogens is 364 g/mol. The summed E-state index contributed by atoms with van der Waals surface area (Å²) in [5, 5.41) is 11.9. The fourth-order valence-corrected chi connectivity index (χ4v) is 3.00. The Balaban J connectivity index is 1.81. The maximum Gasteiger partial charge on any atom is 0.257 e. The van der Waals surface area contributed by atoms with E-state index in [1.165, 1.54) is 0 Å². The molecule has 146 valence electrons. The zero-order valence-corrected chi connectivity index (χ0v) is 16.5. The zero-order valence-electron chi connectivity index (χ0n) is 15.6. The first kappa shape index (κ1) is 21.1. The number of carbonyl (C=O) groups is 1. The maximum absolute atomic E-state index is 12.5. The predicted octanol–water partition coefficient (Wildman–Crippen LogP) is 1.65. The predicted molar refractivity (Wildman–Crippen MR) is 107 cm³/mol. The van der Waals surface area contributed by atoms with E-state index in [-0.39, 0.29) is 5.91 Å². The van der Waals surface area contributed by atoms with Gasteiger partial charge in [-0.2, -0.15) is 5.26 Å². The van der Waals surface area contributed by atoms with E-state index in [1.807, 2.05) is 17.9 Å². The van der Waals surface area contributed by atoms with Crippen LogP contribution in [-0.4, -0.2) is 73.4 Å². The van der Waals surface area contributed by atoms with E-state index in [9.17, 15) is 4.79 Å². The van der Waals surface area contributed by atoms with Gasteiger partial charge in [0.05, 0.1) is 12.7 Å². The standard InChI is InChI=1S/C19H26N4O3S/c1-2-25-13-14-26-17-6-3-5-16(15-17)18(24)21-19(27)23-11-9-22(10-12-23)8-4-7-20/h3,5-6,15H,2,4,8-14H2,1H3,(H,21,24,27). The lowest BCUT2D eigenvalue weighted by atomic mass is 10.2. The van der Waals surface area contributed by atoms with Gasteiger partial charge in [-0.3, -0.25) is 15.0 Å². The van der Waals surface area contributed by atoms with E-state index >= 15 is 0 Å². The van der Waals surface area contributed by atoms with Gasteiger partial charge in [0.25, 0.3) is 5.91 Å². The van der Waals surface area contributed by atoms with Gasteiger partial charge in [0.1, 0.15) is 12.4 Å². The molecule has 1 aromatic rings. The number of hydrogen-bond acceptors (Lipinski definition) is 6. The highest BCUT2D eigenvalue weighted by Crippen LogP contribution is 2.13. The average Bonchev–Trinajstić information content (AvgIpc) is 2.70. The summed E-state index contributed by atoms with van der Waals surface area (Å²) in [6.45, 7) is 7.46. The molecule has 1 N–H and O–H groups in total. The Morgan fingerprint density at radius 3 is 2.78 bits per heavy atom. The summed E-state index contributed by atoms with van der Waals surface area (Å²) in [5.41, 5.74) is 0.499. The van der Waals surface area contributed by atoms with Crippen molar-refractivity contribution in [1.82, 2.24) is 15.1 Å². The van der Waals surface area contributed by atoms with Crippen LogP contribution in [0.4, 0.5) is 0 Å². The van der Waals surface area contributed by atoms with E-state index in [0.717, 1.165) is 32.7 Å². The monoisotopic (exact) mass is 390 g/mol. The maximum atomic E-state index is 12.5. The van der Waals surface area contributed by atoms with Crippen molar-refractivity contribution in [1.29, 1.82) is 5.26 Å². The number of ether oxygens (including phenoxy) is 2. The van der Waals surface area contributed by atoms with Gasteiger partial charge in [-0.25, -0.2) is 0 Å². The molecule has 0 unspecified atom stereocenters. The molecule has 1 heterocycles. The van der Waals surface area contributed by atoms with Crippen LogP contribution in [0.3, 0.4) is 0 Å². The SMILES string of the molecule is CCOCCOc1cccc(C(=O)NC(=S)N2CCN(CCC#N)CC2)c1. The molecule has 1 aliphatic heterocycles. The molecule has 2 rings (SSSR count). The van der Waals surface area contributed by atoms with E-state index in [1.54, 1.807) is 18.2 Å². The highest BCUT2D eigenvalue weighted by atomic mass is 32.1. The van der Waals surface area contributed by atoms with Crippen molar-refractivity contribution in [3.05, 3.63) is 29.8 Å². The third-order valence-corrected chi connectivity index (χ3v) is 4.58. The van der Waals surface area contributed by atoms with Crippen molar-refractivity contribution >= 4 is 23.2 Å². The third kappa shape index (κ3) is 7.13. The second kappa shape index (κ2) is 11.5. The van der Waals surface area contributed by atoms with Crippen molar-refractivity contribution in [3.8, 4) is 11.8 Å². The summed E-state index contributed by atoms with van der Waals surface area (Å²) in [6, 6.07) is 9.18. The van der Waals surface area contributed by atoms with Crippen molar-refractivity contribution in [2.75, 3.05) is 52.5 Å². The van der Waals surface area contributed by atoms with E-state index in [0.29, 0.717) is 42.7 Å². The average molecular weight is 391 g/mol. The van der Waals surface area contributed by atoms with Gasteiger partial charge in [-0.05, 0) is 37.3 Å². The molecule has 0 bridgehead atoms. The number of nitrogens with one attached hydrogen (secondary N) is 1. The zero-order chi connectivity index (χ0) is 19.5. The molecule has 1 aliphatic rings. The van der Waals surface area contributed by atoms with Gasteiger partial charge < -0.3 is 14.4 Å². The summed E-state index contributed by atoms with van der Waals surface area (Å²) >= 11 is 5.38. The summed E-state index contributed by atoms with van der Waals surface area (Å²) in [7, 11) is 0. The Kier molecular flexibility index (Phi) is 8.98. The molecule has 8 heteroatoms. The molecule has 1 aromatic carbocycles. The first-order valence-corrected chi connectivity index (χ1v) is 9.55. The van der Waals surface area contributed by atoms with Crippen LogP contribution in [0.15, 0.2) is 24.3 Å². The Bertz CT molecular complexity index is 669. The van der Waals surface area contributed by atoms with Crippen LogP contribution in [0.2, 0.25) is 0 Å². The van der Waals surface area contributed by atoms with Gasteiger partial charge in [0.15, 0.2) is 5.11 Å². The Morgan fingerprint density at radius 1 is 1.30 bits per heavy atom. The number of rotatable bonds is 8. The summed E-state index contributed by atoms with van der Waals surface area (Å²) in [6.07, 6.45) is 0.532. The second-order valence-corrected chi connectivity index (χ2v) is 6.46. The summed E-state index contributed by atoms with van der Waals surface area (Å²) in [4.78, 5) is 16.7. The van der Waals surface area contributed by atoms with Crippen molar-refractivity contribution in [3.63, 3.8) is 0 Å². The Morgan fingerprint density at radius 2 is 2.07 bits per heavy atom. The van der Waals surface area contributed by atoms with Crippen LogP contribution in [0, 0.1) is 11.3 Å². The van der Waals surface area contributed by atoms with E-state index < -0.39 is 0 Å². The van der Waals surface area contributed by atoms with Crippen molar-refractivity contribution in [2.24, 2.45) is 0 Å². The van der Waals surface area contributed by atoms with Crippen LogP contribution >= 0.6 is 12.2 Å². The third-order valence-electron chi connectivity index (χ3n) is 4.22. The summed E-state index contributed by atoms with van der Waals surface area (Å²) < 4.78 is 10.8. The molecule has 0 spiro atoms. The van der Waals surface area contributed by atoms with Gasteiger partial charge in [-0.15, -0.1) is 0 Å². The normalized spacial score (nSPS) is 14.4. The molecule has 27 heavy (non-hydrogen) atoms. The van der Waals surface area contributed by atoms with Crippen molar-refractivity contribution < 1.29 is 14.3 Å². The van der Waals surface area contributed by atoms with Gasteiger partial charge >= 0.3 is 0 Å². The molecule has 0 radical (unpaired) electrons. The smallest absolute Gasteiger partial charge is 0.257 e. The molecule has 0 aliphatic carbocycles. The molecule has 0 atom stereocenters. The molecule has 0 saturated carbocycles. The van der Waals surface area contributed by atoms with Crippen LogP contribution in [0.25, 0.3) is 0 Å². The first-order chi connectivity index (χ1) is 13.1. The molecule has 1 fully saturated rings. The molecule has 7 nitrogen and oxygen atoms in total. The quantitative estimate of drug-likeness (QED) is 0.534. The highest BCUT2D eigenvalue weighted by Gasteiger charge is 2.20. The Labute approximate surface area is 165 Å². The lowest BCUT2D eigenvalue weighted by Crippen LogP contribution is -2.52. The van der Waals surface area contributed by atoms with Gasteiger partial charge in [0, 0.05) is 51.3 Å². The summed E-state index contributed by atoms with van der Waals surface area (Å²) in [5.74, 6) is 0.376. The van der Waals surface area contributed by atoms with Crippen molar-refractivity contribution in [2.45, 2.75) is 13.3 Å². The number of benzene rings is 1. The minimum atomic E-state index is -0.248. The molecule has 0 aromatic heterocycles. The lowest BCUT2D eigenvalue weighted by molar-refractivity contribution is 0.0968. The lowest BCUT2D eigenvalue weighted by Gasteiger charge is -2.35. The number of thiocarbonyl (C=S) groups is 1. The Hall–Kier alpha value is -2.21. The molecular formula is C19H26N4O3S. The van der Waals surface area contributed by atoms with Crippen LogP contribution < -0.4 is 10.1 Å². The van der Waals surface area contributed by atoms with Gasteiger partial charge in [-0.1, -0.05) is 6.07 Å². The largest absolute Gasteiger partial charge is 0.491 e. The van der Waals surface area contributed by atoms with Crippen LogP contribution in [0.5, 0.6) is 5.75 Å². The first-order valence-electron chi connectivity index (χ1n) is 9.14. The van der Waals surface area contributed by atoms with E-state index in [2.05, 4.69) is 16.3 Å². The topological polar surface area (TPSA) is 77.8 Å². The number of carbonyl (C=O) groups excluding carboxylic acids is 1. The second-order valence-electron chi connectivity index (χ2n) is 6.07. The highest BCUT2D eigenvalue weighted by molar-refractivity contribution is 7.80. The number of nitriles is 1. The van der Waals surface area contributed by atoms with Gasteiger partial charge in [0.2, 0.25) is 0 Å².